The molecule has 0 aromatic carbocycles. The Labute approximate surface area is 125 Å². The molecule has 0 atom stereocenters. The second kappa shape index (κ2) is 5.65. The fourth-order valence-electron chi connectivity index (χ4n) is 2.10. The van der Waals surface area contributed by atoms with E-state index in [4.69, 9.17) is 5.73 Å². The molecule has 0 fully saturated rings. The minimum atomic E-state index is -0.578. The number of nitrogens with two attached hydrogens (primary N) is 1. The standard InChI is InChI=1S/C15H13N5O2/c16-14(21)12-4-1-5-13-19-11(9-20(12)13)15(22)18-8-10-3-2-6-17-7-10/h1-7,9H,8H2,(H2,16,21)(H,18,22). The Bertz CT molecular complexity index is 842. The number of primary amides is 1. The van der Waals surface area contributed by atoms with Crippen LogP contribution in [0.15, 0.2) is 48.9 Å². The zero-order valence-electron chi connectivity index (χ0n) is 11.6. The molecule has 0 unspecified atom stereocenters. The van der Waals surface area contributed by atoms with E-state index in [0.717, 1.165) is 5.56 Å². The van der Waals surface area contributed by atoms with E-state index in [9.17, 15) is 9.59 Å². The van der Waals surface area contributed by atoms with Gasteiger partial charge in [-0.15, -0.1) is 0 Å². The Morgan fingerprint density at radius 1 is 1.23 bits per heavy atom. The van der Waals surface area contributed by atoms with Gasteiger partial charge in [0.15, 0.2) is 0 Å². The lowest BCUT2D eigenvalue weighted by molar-refractivity contribution is 0.0944. The lowest BCUT2D eigenvalue weighted by Gasteiger charge is -2.02. The van der Waals surface area contributed by atoms with E-state index in [-0.39, 0.29) is 17.3 Å². The van der Waals surface area contributed by atoms with Crippen molar-refractivity contribution in [3.05, 3.63) is 65.9 Å². The summed E-state index contributed by atoms with van der Waals surface area (Å²) in [6.45, 7) is 0.350. The van der Waals surface area contributed by atoms with Crippen molar-refractivity contribution in [3.8, 4) is 0 Å². The highest BCUT2D eigenvalue weighted by Gasteiger charge is 2.13. The minimum Gasteiger partial charge on any atom is -0.364 e. The molecule has 0 aliphatic heterocycles. The van der Waals surface area contributed by atoms with Crippen LogP contribution < -0.4 is 11.1 Å². The molecule has 22 heavy (non-hydrogen) atoms. The summed E-state index contributed by atoms with van der Waals surface area (Å²) in [5.74, 6) is -0.909. The molecule has 2 amide bonds. The number of carbonyl (C=O) groups excluding carboxylic acids is 2. The SMILES string of the molecule is NC(=O)c1cccc2nc(C(=O)NCc3cccnc3)cn12. The van der Waals surface area contributed by atoms with Crippen LogP contribution in [-0.2, 0) is 6.54 Å². The smallest absolute Gasteiger partial charge is 0.271 e. The van der Waals surface area contributed by atoms with E-state index >= 15 is 0 Å². The van der Waals surface area contributed by atoms with Crippen LogP contribution in [-0.4, -0.2) is 26.2 Å². The molecular weight excluding hydrogens is 282 g/mol. The summed E-state index contributed by atoms with van der Waals surface area (Å²) in [7, 11) is 0. The molecule has 0 spiro atoms. The fourth-order valence-corrected chi connectivity index (χ4v) is 2.10. The van der Waals surface area contributed by atoms with Gasteiger partial charge in [-0.05, 0) is 23.8 Å². The van der Waals surface area contributed by atoms with E-state index < -0.39 is 5.91 Å². The molecule has 7 nitrogen and oxygen atoms in total. The maximum Gasteiger partial charge on any atom is 0.271 e. The number of imidazole rings is 1. The average Bonchev–Trinajstić information content (AvgIpc) is 2.97. The van der Waals surface area contributed by atoms with Crippen molar-refractivity contribution in [1.29, 1.82) is 0 Å². The molecule has 0 bridgehead atoms. The number of rotatable bonds is 4. The molecule has 3 rings (SSSR count). The average molecular weight is 295 g/mol. The highest BCUT2D eigenvalue weighted by molar-refractivity contribution is 5.94. The first-order chi connectivity index (χ1) is 10.6. The summed E-state index contributed by atoms with van der Waals surface area (Å²) in [5, 5.41) is 2.75. The predicted molar refractivity (Wildman–Crippen MR) is 79.1 cm³/mol. The van der Waals surface area contributed by atoms with Crippen LogP contribution in [0.3, 0.4) is 0 Å². The molecule has 0 aliphatic rings. The molecule has 110 valence electrons. The molecule has 7 heteroatoms. The lowest BCUT2D eigenvalue weighted by Crippen LogP contribution is -2.23. The van der Waals surface area contributed by atoms with Gasteiger partial charge in [-0.2, -0.15) is 0 Å². The maximum atomic E-state index is 12.1. The van der Waals surface area contributed by atoms with E-state index in [1.165, 1.54) is 10.6 Å². The third-order valence-corrected chi connectivity index (χ3v) is 3.15. The maximum absolute atomic E-state index is 12.1. The monoisotopic (exact) mass is 295 g/mol. The third-order valence-electron chi connectivity index (χ3n) is 3.15. The number of nitrogens with one attached hydrogen (secondary N) is 1. The summed E-state index contributed by atoms with van der Waals surface area (Å²) in [5.41, 5.74) is 7.17. The summed E-state index contributed by atoms with van der Waals surface area (Å²) >= 11 is 0. The van der Waals surface area contributed by atoms with Crippen molar-refractivity contribution in [2.24, 2.45) is 5.73 Å². The van der Waals surface area contributed by atoms with Gasteiger partial charge in [0.05, 0.1) is 0 Å². The van der Waals surface area contributed by atoms with Crippen molar-refractivity contribution >= 4 is 17.5 Å². The van der Waals surface area contributed by atoms with Gasteiger partial charge in [-0.1, -0.05) is 12.1 Å². The Kier molecular flexibility index (Phi) is 3.53. The van der Waals surface area contributed by atoms with Gasteiger partial charge in [0, 0.05) is 25.1 Å². The molecule has 3 aromatic heterocycles. The van der Waals surface area contributed by atoms with Crippen molar-refractivity contribution in [2.45, 2.75) is 6.54 Å². The molecule has 0 saturated carbocycles. The van der Waals surface area contributed by atoms with Crippen LogP contribution in [0.25, 0.3) is 5.65 Å². The van der Waals surface area contributed by atoms with Gasteiger partial charge >= 0.3 is 0 Å². The van der Waals surface area contributed by atoms with E-state index in [1.54, 1.807) is 36.7 Å². The van der Waals surface area contributed by atoms with Gasteiger partial charge in [0.2, 0.25) is 0 Å². The summed E-state index contributed by atoms with van der Waals surface area (Å²) in [6.07, 6.45) is 4.84. The molecular formula is C15H13N5O2. The Morgan fingerprint density at radius 2 is 2.09 bits per heavy atom. The molecule has 3 heterocycles. The highest BCUT2D eigenvalue weighted by atomic mass is 16.2. The summed E-state index contributed by atoms with van der Waals surface area (Å²) in [4.78, 5) is 31.7. The normalized spacial score (nSPS) is 10.5. The molecule has 3 aromatic rings. The van der Waals surface area contributed by atoms with Crippen molar-refractivity contribution < 1.29 is 9.59 Å². The lowest BCUT2D eigenvalue weighted by atomic mass is 10.3. The Balaban J connectivity index is 1.82. The van der Waals surface area contributed by atoms with Crippen LogP contribution in [0.2, 0.25) is 0 Å². The number of carbonyl (C=O) groups is 2. The third kappa shape index (κ3) is 2.64. The predicted octanol–water partition coefficient (Wildman–Crippen LogP) is 0.758. The van der Waals surface area contributed by atoms with Crippen molar-refractivity contribution in [2.75, 3.05) is 0 Å². The Morgan fingerprint density at radius 3 is 2.82 bits per heavy atom. The van der Waals surface area contributed by atoms with Crippen molar-refractivity contribution in [3.63, 3.8) is 0 Å². The Hall–Kier alpha value is -3.22. The highest BCUT2D eigenvalue weighted by Crippen LogP contribution is 2.09. The zero-order chi connectivity index (χ0) is 15.5. The summed E-state index contributed by atoms with van der Waals surface area (Å²) in [6, 6.07) is 8.60. The number of hydrogen-bond acceptors (Lipinski definition) is 4. The largest absolute Gasteiger partial charge is 0.364 e. The van der Waals surface area contributed by atoms with Gasteiger partial charge in [-0.25, -0.2) is 4.98 Å². The van der Waals surface area contributed by atoms with Crippen molar-refractivity contribution in [1.82, 2.24) is 19.7 Å². The first-order valence-corrected chi connectivity index (χ1v) is 6.60. The van der Waals surface area contributed by atoms with Crippen LogP contribution in [0.1, 0.15) is 26.5 Å². The zero-order valence-corrected chi connectivity index (χ0v) is 11.6. The fraction of sp³-hybridized carbons (Fsp3) is 0.0667. The van der Waals surface area contributed by atoms with Gasteiger partial charge in [0.1, 0.15) is 17.0 Å². The molecule has 0 aliphatic carbocycles. The molecule has 0 radical (unpaired) electrons. The number of fused-ring (bicyclic) bond motifs is 1. The first-order valence-electron chi connectivity index (χ1n) is 6.60. The number of pyridine rings is 2. The van der Waals surface area contributed by atoms with Gasteiger partial charge < -0.3 is 11.1 Å². The second-order valence-corrected chi connectivity index (χ2v) is 4.67. The topological polar surface area (TPSA) is 102 Å². The first kappa shape index (κ1) is 13.7. The van der Waals surface area contributed by atoms with Gasteiger partial charge in [-0.3, -0.25) is 19.0 Å². The number of nitrogens with zero attached hydrogens (tertiary/aromatic N) is 3. The van der Waals surface area contributed by atoms with E-state index in [0.29, 0.717) is 12.2 Å². The minimum absolute atomic E-state index is 0.220. The van der Waals surface area contributed by atoms with Crippen LogP contribution in [0.5, 0.6) is 0 Å². The quantitative estimate of drug-likeness (QED) is 0.741. The number of hydrogen-bond donors (Lipinski definition) is 2. The molecule has 3 N–H and O–H groups in total. The van der Waals surface area contributed by atoms with Crippen LogP contribution >= 0.6 is 0 Å². The molecule has 0 saturated heterocycles. The number of amides is 2. The van der Waals surface area contributed by atoms with Crippen LogP contribution in [0, 0.1) is 0 Å². The van der Waals surface area contributed by atoms with Crippen LogP contribution in [0.4, 0.5) is 0 Å². The second-order valence-electron chi connectivity index (χ2n) is 4.67. The van der Waals surface area contributed by atoms with E-state index in [1.807, 2.05) is 6.07 Å². The number of aromatic nitrogens is 3. The van der Waals surface area contributed by atoms with E-state index in [2.05, 4.69) is 15.3 Å². The van der Waals surface area contributed by atoms with Gasteiger partial charge in [0.25, 0.3) is 11.8 Å². The summed E-state index contributed by atoms with van der Waals surface area (Å²) < 4.78 is 1.50.